The van der Waals surface area contributed by atoms with Crippen LogP contribution in [0, 0.1) is 0 Å². The fourth-order valence-corrected chi connectivity index (χ4v) is 2.30. The second kappa shape index (κ2) is 6.31. The predicted molar refractivity (Wildman–Crippen MR) is 79.6 cm³/mol. The van der Waals surface area contributed by atoms with E-state index in [-0.39, 0.29) is 17.3 Å². The molecule has 114 valence electrons. The van der Waals surface area contributed by atoms with Crippen molar-refractivity contribution in [2.24, 2.45) is 0 Å². The molecule has 4 nitrogen and oxygen atoms in total. The van der Waals surface area contributed by atoms with Crippen molar-refractivity contribution in [3.63, 3.8) is 0 Å². The summed E-state index contributed by atoms with van der Waals surface area (Å²) < 4.78 is 16.3. The molecule has 2 atom stereocenters. The summed E-state index contributed by atoms with van der Waals surface area (Å²) in [6.07, 6.45) is 2.01. The molecule has 1 aliphatic rings. The van der Waals surface area contributed by atoms with E-state index in [0.29, 0.717) is 6.42 Å². The van der Waals surface area contributed by atoms with Crippen molar-refractivity contribution < 1.29 is 19.0 Å². The molecule has 1 heterocycles. The van der Waals surface area contributed by atoms with Crippen molar-refractivity contribution in [3.8, 4) is 0 Å². The molecule has 4 heteroatoms. The van der Waals surface area contributed by atoms with Crippen LogP contribution in [0.15, 0.2) is 42.2 Å². The highest BCUT2D eigenvalue weighted by Crippen LogP contribution is 2.33. The standard InChI is InChI=1S/C17H22O4/c1-17(2,3)21-15-11-13(12-8-6-5-7-9-12)10-14(20-15)16(18)19-4/h5-10,13,15H,11H2,1-4H3. The van der Waals surface area contributed by atoms with Gasteiger partial charge in [0.2, 0.25) is 12.0 Å². The molecule has 2 rings (SSSR count). The molecule has 0 aliphatic carbocycles. The van der Waals surface area contributed by atoms with Crippen molar-refractivity contribution in [2.75, 3.05) is 7.11 Å². The zero-order valence-corrected chi connectivity index (χ0v) is 13.0. The molecule has 0 fully saturated rings. The van der Waals surface area contributed by atoms with E-state index in [4.69, 9.17) is 14.2 Å². The lowest BCUT2D eigenvalue weighted by atomic mass is 9.93. The summed E-state index contributed by atoms with van der Waals surface area (Å²) in [5.41, 5.74) is 0.787. The van der Waals surface area contributed by atoms with E-state index < -0.39 is 12.3 Å². The van der Waals surface area contributed by atoms with E-state index in [1.54, 1.807) is 0 Å². The van der Waals surface area contributed by atoms with Gasteiger partial charge in [-0.25, -0.2) is 4.79 Å². The van der Waals surface area contributed by atoms with Gasteiger partial charge in [0, 0.05) is 12.3 Å². The molecule has 1 aromatic carbocycles. The topological polar surface area (TPSA) is 44.8 Å². The van der Waals surface area contributed by atoms with Crippen molar-refractivity contribution in [1.29, 1.82) is 0 Å². The van der Waals surface area contributed by atoms with Gasteiger partial charge >= 0.3 is 5.97 Å². The first kappa shape index (κ1) is 15.6. The maximum absolute atomic E-state index is 11.8. The Balaban J connectivity index is 2.25. The number of rotatable bonds is 3. The summed E-state index contributed by atoms with van der Waals surface area (Å²) in [5, 5.41) is 0. The lowest BCUT2D eigenvalue weighted by Gasteiger charge is -2.33. The monoisotopic (exact) mass is 290 g/mol. The van der Waals surface area contributed by atoms with E-state index in [2.05, 4.69) is 0 Å². The molecule has 0 bridgehead atoms. The molecular weight excluding hydrogens is 268 g/mol. The molecule has 0 N–H and O–H groups in total. The second-order valence-electron chi connectivity index (χ2n) is 6.05. The highest BCUT2D eigenvalue weighted by Gasteiger charge is 2.31. The number of carbonyl (C=O) groups excluding carboxylic acids is 1. The number of esters is 1. The summed E-state index contributed by atoms with van der Waals surface area (Å²) >= 11 is 0. The summed E-state index contributed by atoms with van der Waals surface area (Å²) in [5.74, 6) is -0.189. The fourth-order valence-electron chi connectivity index (χ4n) is 2.30. The summed E-state index contributed by atoms with van der Waals surface area (Å²) in [6, 6.07) is 10.0. The third-order valence-electron chi connectivity index (χ3n) is 3.16. The van der Waals surface area contributed by atoms with Crippen LogP contribution in [0.4, 0.5) is 0 Å². The second-order valence-corrected chi connectivity index (χ2v) is 6.05. The van der Waals surface area contributed by atoms with E-state index in [1.165, 1.54) is 7.11 Å². The van der Waals surface area contributed by atoms with Crippen molar-refractivity contribution in [3.05, 3.63) is 47.7 Å². The normalized spacial score (nSPS) is 22.2. The highest BCUT2D eigenvalue weighted by atomic mass is 16.7. The Morgan fingerprint density at radius 3 is 2.48 bits per heavy atom. The molecule has 0 radical (unpaired) electrons. The Kier molecular flexibility index (Phi) is 4.68. The van der Waals surface area contributed by atoms with Gasteiger partial charge in [0.15, 0.2) is 0 Å². The molecule has 21 heavy (non-hydrogen) atoms. The first-order valence-corrected chi connectivity index (χ1v) is 7.08. The van der Waals surface area contributed by atoms with Crippen LogP contribution in [0.5, 0.6) is 0 Å². The molecule has 0 saturated heterocycles. The Hall–Kier alpha value is -1.81. The lowest BCUT2D eigenvalue weighted by molar-refractivity contribution is -0.192. The van der Waals surface area contributed by atoms with Gasteiger partial charge in [0.05, 0.1) is 12.7 Å². The van der Waals surface area contributed by atoms with E-state index in [9.17, 15) is 4.79 Å². The predicted octanol–water partition coefficient (Wildman–Crippen LogP) is 3.39. The maximum Gasteiger partial charge on any atom is 0.373 e. The minimum Gasteiger partial charge on any atom is -0.463 e. The number of methoxy groups -OCH3 is 1. The van der Waals surface area contributed by atoms with Gasteiger partial charge in [0.1, 0.15) is 0 Å². The van der Waals surface area contributed by atoms with E-state index in [1.807, 2.05) is 57.2 Å². The van der Waals surface area contributed by atoms with Gasteiger partial charge in [-0.2, -0.15) is 0 Å². The first-order valence-electron chi connectivity index (χ1n) is 7.08. The van der Waals surface area contributed by atoms with Gasteiger partial charge in [-0.15, -0.1) is 0 Å². The largest absolute Gasteiger partial charge is 0.463 e. The highest BCUT2D eigenvalue weighted by molar-refractivity contribution is 5.86. The fraction of sp³-hybridized carbons (Fsp3) is 0.471. The van der Waals surface area contributed by atoms with Crippen LogP contribution < -0.4 is 0 Å². The lowest BCUT2D eigenvalue weighted by Crippen LogP contribution is -2.34. The third-order valence-corrected chi connectivity index (χ3v) is 3.16. The number of hydrogen-bond donors (Lipinski definition) is 0. The van der Waals surface area contributed by atoms with Crippen molar-refractivity contribution >= 4 is 5.97 Å². The smallest absolute Gasteiger partial charge is 0.373 e. The van der Waals surface area contributed by atoms with Crippen molar-refractivity contribution in [1.82, 2.24) is 0 Å². The Labute approximate surface area is 125 Å². The van der Waals surface area contributed by atoms with Gasteiger partial charge in [-0.1, -0.05) is 30.3 Å². The molecule has 1 aliphatic heterocycles. The summed E-state index contributed by atoms with van der Waals surface area (Å²) in [7, 11) is 1.35. The minimum absolute atomic E-state index is 0.0707. The average molecular weight is 290 g/mol. The van der Waals surface area contributed by atoms with Crippen LogP contribution in [0.3, 0.4) is 0 Å². The number of carbonyl (C=O) groups is 1. The molecule has 2 unspecified atom stereocenters. The van der Waals surface area contributed by atoms with E-state index in [0.717, 1.165) is 5.56 Å². The minimum atomic E-state index is -0.474. The number of allylic oxidation sites excluding steroid dienone is 1. The summed E-state index contributed by atoms with van der Waals surface area (Å²) in [6.45, 7) is 5.89. The maximum atomic E-state index is 11.8. The average Bonchev–Trinajstić information content (AvgIpc) is 2.45. The van der Waals surface area contributed by atoms with Gasteiger partial charge < -0.3 is 14.2 Å². The van der Waals surface area contributed by atoms with Gasteiger partial charge in [-0.3, -0.25) is 0 Å². The molecular formula is C17H22O4. The Morgan fingerprint density at radius 1 is 1.24 bits per heavy atom. The number of benzene rings is 1. The van der Waals surface area contributed by atoms with Crippen LogP contribution in [0.2, 0.25) is 0 Å². The molecule has 0 saturated carbocycles. The SMILES string of the molecule is COC(=O)C1=CC(c2ccccc2)CC(OC(C)(C)C)O1. The molecule has 0 aromatic heterocycles. The van der Waals surface area contributed by atoms with Crippen LogP contribution >= 0.6 is 0 Å². The van der Waals surface area contributed by atoms with Crippen LogP contribution in [-0.4, -0.2) is 25.0 Å². The first-order chi connectivity index (χ1) is 9.89. The van der Waals surface area contributed by atoms with Crippen LogP contribution in [-0.2, 0) is 19.0 Å². The zero-order valence-electron chi connectivity index (χ0n) is 13.0. The Bertz CT molecular complexity index is 513. The summed E-state index contributed by atoms with van der Waals surface area (Å²) in [4.78, 5) is 11.8. The number of hydrogen-bond acceptors (Lipinski definition) is 4. The Morgan fingerprint density at radius 2 is 1.90 bits per heavy atom. The molecule has 0 spiro atoms. The van der Waals surface area contributed by atoms with E-state index >= 15 is 0 Å². The molecule has 1 aromatic rings. The number of ether oxygens (including phenoxy) is 3. The molecule has 0 amide bonds. The van der Waals surface area contributed by atoms with Crippen LogP contribution in [0.25, 0.3) is 0 Å². The van der Waals surface area contributed by atoms with Crippen LogP contribution in [0.1, 0.15) is 38.7 Å². The van der Waals surface area contributed by atoms with Gasteiger partial charge in [0.25, 0.3) is 0 Å². The van der Waals surface area contributed by atoms with Crippen molar-refractivity contribution in [2.45, 2.75) is 45.0 Å². The quantitative estimate of drug-likeness (QED) is 0.800. The zero-order chi connectivity index (χ0) is 15.5. The van der Waals surface area contributed by atoms with Gasteiger partial charge in [-0.05, 0) is 32.4 Å². The third kappa shape index (κ3) is 4.33.